The van der Waals surface area contributed by atoms with Gasteiger partial charge in [-0.3, -0.25) is 0 Å². The summed E-state index contributed by atoms with van der Waals surface area (Å²) < 4.78 is 0. The van der Waals surface area contributed by atoms with Crippen LogP contribution in [0.1, 0.15) is 133 Å². The van der Waals surface area contributed by atoms with Crippen LogP contribution >= 0.6 is 0 Å². The molecule has 164 valence electrons. The highest BCUT2D eigenvalue weighted by Gasteiger charge is 2.24. The van der Waals surface area contributed by atoms with Gasteiger partial charge in [0.1, 0.15) is 0 Å². The van der Waals surface area contributed by atoms with Crippen molar-refractivity contribution in [2.45, 2.75) is 133 Å². The van der Waals surface area contributed by atoms with E-state index in [1.54, 1.807) is 0 Å². The smallest absolute Gasteiger partial charge is 0.0386 e. The minimum absolute atomic E-state index is 0.819. The van der Waals surface area contributed by atoms with Gasteiger partial charge in [0.25, 0.3) is 0 Å². The molecule has 0 heterocycles. The molecule has 6 unspecified atom stereocenters. The first-order chi connectivity index (χ1) is 12.8. The maximum atomic E-state index is 2.55. The molecule has 0 aromatic rings. The Morgan fingerprint density at radius 3 is 1.67 bits per heavy atom. The van der Waals surface area contributed by atoms with E-state index in [4.69, 9.17) is 0 Å². The summed E-state index contributed by atoms with van der Waals surface area (Å²) >= 11 is 0. The van der Waals surface area contributed by atoms with Gasteiger partial charge in [-0.1, -0.05) is 127 Å². The lowest BCUT2D eigenvalue weighted by molar-refractivity contribution is 0.189. The van der Waals surface area contributed by atoms with Crippen LogP contribution in [0.3, 0.4) is 0 Å². The Morgan fingerprint density at radius 2 is 1.15 bits per heavy atom. The molecule has 0 aliphatic carbocycles. The van der Waals surface area contributed by atoms with Gasteiger partial charge in [0.05, 0.1) is 0 Å². The summed E-state index contributed by atoms with van der Waals surface area (Å²) in [5.41, 5.74) is 0. The maximum Gasteiger partial charge on any atom is -0.0386 e. The highest BCUT2D eigenvalue weighted by molar-refractivity contribution is 4.75. The molecule has 0 saturated carbocycles. The number of rotatable bonds is 17. The minimum atomic E-state index is 0.819. The van der Waals surface area contributed by atoms with E-state index in [0.29, 0.717) is 0 Å². The van der Waals surface area contributed by atoms with E-state index in [-0.39, 0.29) is 0 Å². The van der Waals surface area contributed by atoms with Gasteiger partial charge in [0.2, 0.25) is 0 Å². The summed E-state index contributed by atoms with van der Waals surface area (Å²) in [5.74, 6) is 6.23. The van der Waals surface area contributed by atoms with Crippen molar-refractivity contribution in [1.29, 1.82) is 0 Å². The minimum Gasteiger partial charge on any atom is -0.0654 e. The topological polar surface area (TPSA) is 0 Å². The zero-order valence-electron chi connectivity index (χ0n) is 20.8. The molecule has 0 nitrogen and oxygen atoms in total. The Balaban J connectivity index is 4.42. The molecule has 0 amide bonds. The predicted molar refractivity (Wildman–Crippen MR) is 126 cm³/mol. The zero-order valence-corrected chi connectivity index (χ0v) is 20.8. The molecule has 0 fully saturated rings. The molecule has 0 heteroatoms. The fourth-order valence-corrected chi connectivity index (χ4v) is 4.97. The number of hydrogen-bond donors (Lipinski definition) is 0. The molecule has 0 radical (unpaired) electrons. The van der Waals surface area contributed by atoms with Crippen molar-refractivity contribution in [2.75, 3.05) is 0 Å². The molecule has 0 saturated heterocycles. The van der Waals surface area contributed by atoms with Crippen molar-refractivity contribution >= 4 is 0 Å². The second-order valence-electron chi connectivity index (χ2n) is 10.4. The molecule has 0 aromatic carbocycles. The van der Waals surface area contributed by atoms with Crippen LogP contribution in [0.15, 0.2) is 0 Å². The van der Waals surface area contributed by atoms with Crippen LogP contribution in [0.2, 0.25) is 0 Å². The molecule has 0 rings (SSSR count). The van der Waals surface area contributed by atoms with Crippen LogP contribution in [0.4, 0.5) is 0 Å². The van der Waals surface area contributed by atoms with Gasteiger partial charge in [-0.2, -0.15) is 0 Å². The van der Waals surface area contributed by atoms with Crippen LogP contribution in [0.5, 0.6) is 0 Å². The summed E-state index contributed by atoms with van der Waals surface area (Å²) in [4.78, 5) is 0. The third kappa shape index (κ3) is 11.6. The monoisotopic (exact) mass is 380 g/mol. The lowest BCUT2D eigenvalue weighted by Crippen LogP contribution is -2.22. The highest BCUT2D eigenvalue weighted by atomic mass is 14.3. The molecular formula is C27H56. The van der Waals surface area contributed by atoms with Crippen molar-refractivity contribution in [3.05, 3.63) is 0 Å². The van der Waals surface area contributed by atoms with Gasteiger partial charge in [-0.05, 0) is 47.8 Å². The fraction of sp³-hybridized carbons (Fsp3) is 1.00. The standard InChI is InChI=1S/C27H56/c1-10-13-14-15-17-27(16-11-2)23(7)19-18-22(6)24(8)20-26(12-3)25(9)21(4)5/h21-27H,10-20H2,1-9H3. The second-order valence-corrected chi connectivity index (χ2v) is 10.4. The third-order valence-electron chi connectivity index (χ3n) is 7.94. The zero-order chi connectivity index (χ0) is 20.8. The number of unbranched alkanes of at least 4 members (excludes halogenated alkanes) is 3. The predicted octanol–water partition coefficient (Wildman–Crippen LogP) is 9.77. The molecule has 0 aromatic heterocycles. The van der Waals surface area contributed by atoms with Crippen molar-refractivity contribution in [2.24, 2.45) is 41.4 Å². The van der Waals surface area contributed by atoms with E-state index in [1.807, 2.05) is 0 Å². The summed E-state index contributed by atoms with van der Waals surface area (Å²) in [5, 5.41) is 0. The Hall–Kier alpha value is 0. The van der Waals surface area contributed by atoms with E-state index in [1.165, 1.54) is 70.6 Å². The SMILES string of the molecule is CCCCCCC(CCC)C(C)CCC(C)C(C)CC(CC)C(C)C(C)C. The van der Waals surface area contributed by atoms with E-state index in [0.717, 1.165) is 41.4 Å². The molecule has 0 spiro atoms. The van der Waals surface area contributed by atoms with E-state index in [9.17, 15) is 0 Å². The van der Waals surface area contributed by atoms with Gasteiger partial charge in [0.15, 0.2) is 0 Å². The first-order valence-corrected chi connectivity index (χ1v) is 12.8. The Bertz CT molecular complexity index is 318. The van der Waals surface area contributed by atoms with E-state index >= 15 is 0 Å². The van der Waals surface area contributed by atoms with Crippen LogP contribution in [-0.2, 0) is 0 Å². The van der Waals surface area contributed by atoms with Crippen molar-refractivity contribution < 1.29 is 0 Å². The normalized spacial score (nSPS) is 18.9. The van der Waals surface area contributed by atoms with Crippen molar-refractivity contribution in [3.63, 3.8) is 0 Å². The van der Waals surface area contributed by atoms with Crippen LogP contribution in [0, 0.1) is 41.4 Å². The maximum absolute atomic E-state index is 2.55. The molecule has 0 aliphatic rings. The molecule has 0 aliphatic heterocycles. The Kier molecular flexibility index (Phi) is 15.9. The summed E-state index contributed by atoms with van der Waals surface area (Å²) in [6, 6.07) is 0. The van der Waals surface area contributed by atoms with E-state index in [2.05, 4.69) is 62.3 Å². The van der Waals surface area contributed by atoms with Gasteiger partial charge in [-0.25, -0.2) is 0 Å². The molecule has 0 bridgehead atoms. The van der Waals surface area contributed by atoms with Crippen LogP contribution < -0.4 is 0 Å². The summed E-state index contributed by atoms with van der Waals surface area (Å²) in [7, 11) is 0. The van der Waals surface area contributed by atoms with Crippen molar-refractivity contribution in [1.82, 2.24) is 0 Å². The van der Waals surface area contributed by atoms with E-state index < -0.39 is 0 Å². The molecular weight excluding hydrogens is 324 g/mol. The fourth-order valence-electron chi connectivity index (χ4n) is 4.97. The highest BCUT2D eigenvalue weighted by Crippen LogP contribution is 2.34. The van der Waals surface area contributed by atoms with Gasteiger partial charge in [-0.15, -0.1) is 0 Å². The summed E-state index contributed by atoms with van der Waals surface area (Å²) in [6.45, 7) is 22.0. The molecule has 27 heavy (non-hydrogen) atoms. The van der Waals surface area contributed by atoms with Gasteiger partial charge < -0.3 is 0 Å². The largest absolute Gasteiger partial charge is 0.0654 e. The molecule has 0 N–H and O–H groups in total. The van der Waals surface area contributed by atoms with Crippen LogP contribution in [0.25, 0.3) is 0 Å². The average Bonchev–Trinajstić information content (AvgIpc) is 2.65. The van der Waals surface area contributed by atoms with Crippen molar-refractivity contribution in [3.8, 4) is 0 Å². The lowest BCUT2D eigenvalue weighted by atomic mass is 9.74. The van der Waals surface area contributed by atoms with Gasteiger partial charge in [0, 0.05) is 0 Å². The average molecular weight is 381 g/mol. The quantitative estimate of drug-likeness (QED) is 0.220. The molecule has 6 atom stereocenters. The second kappa shape index (κ2) is 15.9. The third-order valence-corrected chi connectivity index (χ3v) is 7.94. The lowest BCUT2D eigenvalue weighted by Gasteiger charge is -2.32. The first-order valence-electron chi connectivity index (χ1n) is 12.8. The first kappa shape index (κ1) is 27.0. The summed E-state index contributed by atoms with van der Waals surface area (Å²) in [6.07, 6.45) is 15.6. The Morgan fingerprint density at radius 1 is 0.519 bits per heavy atom. The number of hydrogen-bond acceptors (Lipinski definition) is 0. The Labute approximate surface area is 174 Å². The van der Waals surface area contributed by atoms with Gasteiger partial charge >= 0.3 is 0 Å². The van der Waals surface area contributed by atoms with Crippen LogP contribution in [-0.4, -0.2) is 0 Å².